The monoisotopic (exact) mass is 214 g/mol. The van der Waals surface area contributed by atoms with Crippen LogP contribution in [-0.2, 0) is 9.53 Å². The number of likely N-dealkylation sites (N-methyl/N-ethyl adjacent to an activating group) is 1. The van der Waals surface area contributed by atoms with Crippen LogP contribution in [0.3, 0.4) is 0 Å². The van der Waals surface area contributed by atoms with Crippen LogP contribution in [-0.4, -0.2) is 49.7 Å². The summed E-state index contributed by atoms with van der Waals surface area (Å²) >= 11 is 0. The van der Waals surface area contributed by atoms with Crippen LogP contribution in [0.4, 0.5) is 0 Å². The Hall–Kier alpha value is -0.610. The molecule has 1 aliphatic heterocycles. The molecule has 4 heteroatoms. The lowest BCUT2D eigenvalue weighted by molar-refractivity contribution is -0.135. The Morgan fingerprint density at radius 2 is 2.27 bits per heavy atom. The maximum absolute atomic E-state index is 11.9. The third-order valence-corrected chi connectivity index (χ3v) is 3.08. The minimum absolute atomic E-state index is 0.194. The van der Waals surface area contributed by atoms with E-state index in [1.54, 1.807) is 7.11 Å². The third kappa shape index (κ3) is 3.47. The molecule has 1 aliphatic rings. The normalized spacial score (nSPS) is 22.1. The second-order valence-corrected chi connectivity index (χ2v) is 4.75. The van der Waals surface area contributed by atoms with Crippen molar-refractivity contribution in [2.24, 2.45) is 0 Å². The van der Waals surface area contributed by atoms with Crippen molar-refractivity contribution in [2.75, 3.05) is 27.2 Å². The fraction of sp³-hybridized carbons (Fsp3) is 0.909. The Morgan fingerprint density at radius 1 is 1.60 bits per heavy atom. The predicted octanol–water partition coefficient (Wildman–Crippen LogP) is 0.622. The summed E-state index contributed by atoms with van der Waals surface area (Å²) in [7, 11) is 3.59. The molecule has 1 atom stereocenters. The fourth-order valence-electron chi connectivity index (χ4n) is 1.77. The molecule has 1 unspecified atom stereocenters. The molecule has 0 saturated carbocycles. The largest absolute Gasteiger partial charge is 0.378 e. The van der Waals surface area contributed by atoms with E-state index in [9.17, 15) is 4.79 Å². The average molecular weight is 214 g/mol. The quantitative estimate of drug-likeness (QED) is 0.746. The van der Waals surface area contributed by atoms with Crippen molar-refractivity contribution < 1.29 is 9.53 Å². The summed E-state index contributed by atoms with van der Waals surface area (Å²) in [5.41, 5.74) is -0.352. The first-order valence-electron chi connectivity index (χ1n) is 5.48. The minimum atomic E-state index is -0.352. The van der Waals surface area contributed by atoms with Gasteiger partial charge in [0.15, 0.2) is 0 Å². The lowest BCUT2D eigenvalue weighted by Gasteiger charge is -2.25. The number of amides is 1. The third-order valence-electron chi connectivity index (χ3n) is 3.08. The van der Waals surface area contributed by atoms with Crippen molar-refractivity contribution in [3.8, 4) is 0 Å². The van der Waals surface area contributed by atoms with E-state index >= 15 is 0 Å². The van der Waals surface area contributed by atoms with Gasteiger partial charge in [-0.2, -0.15) is 0 Å². The van der Waals surface area contributed by atoms with Gasteiger partial charge in [0.1, 0.15) is 0 Å². The Kier molecular flexibility index (Phi) is 4.11. The number of rotatable bonds is 4. The summed E-state index contributed by atoms with van der Waals surface area (Å²) in [6.07, 6.45) is 1.51. The number of nitrogens with zero attached hydrogens (tertiary/aromatic N) is 1. The zero-order valence-electron chi connectivity index (χ0n) is 10.2. The van der Waals surface area contributed by atoms with Gasteiger partial charge in [-0.3, -0.25) is 4.79 Å². The van der Waals surface area contributed by atoms with Crippen LogP contribution in [0.2, 0.25) is 0 Å². The zero-order valence-corrected chi connectivity index (χ0v) is 10.2. The van der Waals surface area contributed by atoms with Gasteiger partial charge >= 0.3 is 0 Å². The lowest BCUT2D eigenvalue weighted by Crippen LogP contribution is -2.38. The standard InChI is InChI=1S/C11H22N2O2/c1-11(2,15-4)7-10(14)13-6-5-9(8-13)12-3/h9,12H,5-8H2,1-4H3. The molecule has 0 aliphatic carbocycles. The number of carbonyl (C=O) groups excluding carboxylic acids is 1. The maximum atomic E-state index is 11.9. The molecular formula is C11H22N2O2. The lowest BCUT2D eigenvalue weighted by atomic mass is 10.0. The zero-order chi connectivity index (χ0) is 11.5. The second-order valence-electron chi connectivity index (χ2n) is 4.75. The highest BCUT2D eigenvalue weighted by molar-refractivity contribution is 5.77. The van der Waals surface area contributed by atoms with Crippen LogP contribution in [0.15, 0.2) is 0 Å². The Labute approximate surface area is 92.0 Å². The van der Waals surface area contributed by atoms with Crippen molar-refractivity contribution in [3.05, 3.63) is 0 Å². The van der Waals surface area contributed by atoms with Crippen LogP contribution >= 0.6 is 0 Å². The average Bonchev–Trinajstić information content (AvgIpc) is 2.65. The highest BCUT2D eigenvalue weighted by Crippen LogP contribution is 2.17. The first-order valence-corrected chi connectivity index (χ1v) is 5.48. The SMILES string of the molecule is CNC1CCN(C(=O)CC(C)(C)OC)C1. The Balaban J connectivity index is 2.42. The van der Waals surface area contributed by atoms with Gasteiger partial charge < -0.3 is 15.0 Å². The van der Waals surface area contributed by atoms with Crippen molar-refractivity contribution in [3.63, 3.8) is 0 Å². The first-order chi connectivity index (χ1) is 6.98. The number of likely N-dealkylation sites (tertiary alicyclic amines) is 1. The van der Waals surface area contributed by atoms with Gasteiger partial charge in [0, 0.05) is 26.2 Å². The minimum Gasteiger partial charge on any atom is -0.378 e. The Bertz CT molecular complexity index is 229. The summed E-state index contributed by atoms with van der Waals surface area (Å²) in [4.78, 5) is 13.8. The highest BCUT2D eigenvalue weighted by atomic mass is 16.5. The van der Waals surface area contributed by atoms with Gasteiger partial charge in [-0.25, -0.2) is 0 Å². The van der Waals surface area contributed by atoms with Crippen molar-refractivity contribution in [1.29, 1.82) is 0 Å². The fourth-order valence-corrected chi connectivity index (χ4v) is 1.77. The van der Waals surface area contributed by atoms with E-state index in [-0.39, 0.29) is 11.5 Å². The summed E-state index contributed by atoms with van der Waals surface area (Å²) in [5.74, 6) is 0.194. The van der Waals surface area contributed by atoms with Gasteiger partial charge in [-0.15, -0.1) is 0 Å². The number of nitrogens with one attached hydrogen (secondary N) is 1. The molecule has 1 fully saturated rings. The molecule has 1 saturated heterocycles. The maximum Gasteiger partial charge on any atom is 0.225 e. The van der Waals surface area contributed by atoms with Crippen molar-refractivity contribution in [1.82, 2.24) is 10.2 Å². The smallest absolute Gasteiger partial charge is 0.225 e. The summed E-state index contributed by atoms with van der Waals surface area (Å²) < 4.78 is 5.26. The van der Waals surface area contributed by atoms with E-state index in [0.717, 1.165) is 19.5 Å². The van der Waals surface area contributed by atoms with Crippen molar-refractivity contribution in [2.45, 2.75) is 38.3 Å². The highest BCUT2D eigenvalue weighted by Gasteiger charge is 2.29. The van der Waals surface area contributed by atoms with Gasteiger partial charge in [0.05, 0.1) is 12.0 Å². The van der Waals surface area contributed by atoms with E-state index < -0.39 is 0 Å². The number of hydrogen-bond donors (Lipinski definition) is 1. The molecule has 0 bridgehead atoms. The molecule has 88 valence electrons. The number of methoxy groups -OCH3 is 1. The Morgan fingerprint density at radius 3 is 2.73 bits per heavy atom. The summed E-state index contributed by atoms with van der Waals surface area (Å²) in [6.45, 7) is 5.58. The molecule has 4 nitrogen and oxygen atoms in total. The van der Waals surface area contributed by atoms with Crippen LogP contribution in [0, 0.1) is 0 Å². The van der Waals surface area contributed by atoms with Crippen LogP contribution in [0.25, 0.3) is 0 Å². The molecule has 15 heavy (non-hydrogen) atoms. The van der Waals surface area contributed by atoms with Crippen LogP contribution in [0.5, 0.6) is 0 Å². The molecule has 1 rings (SSSR count). The predicted molar refractivity (Wildman–Crippen MR) is 59.7 cm³/mol. The molecule has 0 radical (unpaired) electrons. The second kappa shape index (κ2) is 4.94. The molecule has 1 heterocycles. The molecule has 1 N–H and O–H groups in total. The van der Waals surface area contributed by atoms with Crippen molar-refractivity contribution >= 4 is 5.91 Å². The van der Waals surface area contributed by atoms with Gasteiger partial charge in [-0.05, 0) is 27.3 Å². The van der Waals surface area contributed by atoms with E-state index in [4.69, 9.17) is 4.74 Å². The van der Waals surface area contributed by atoms with E-state index in [0.29, 0.717) is 12.5 Å². The summed E-state index contributed by atoms with van der Waals surface area (Å²) in [6, 6.07) is 0.458. The van der Waals surface area contributed by atoms with E-state index in [2.05, 4.69) is 5.32 Å². The topological polar surface area (TPSA) is 41.6 Å². The van der Waals surface area contributed by atoms with Gasteiger partial charge in [-0.1, -0.05) is 0 Å². The first kappa shape index (κ1) is 12.5. The number of ether oxygens (including phenoxy) is 1. The van der Waals surface area contributed by atoms with Crippen LogP contribution in [0.1, 0.15) is 26.7 Å². The molecule has 1 amide bonds. The van der Waals surface area contributed by atoms with E-state index in [1.807, 2.05) is 25.8 Å². The molecule has 0 aromatic rings. The molecular weight excluding hydrogens is 192 g/mol. The number of carbonyl (C=O) groups is 1. The van der Waals surface area contributed by atoms with Crippen LogP contribution < -0.4 is 5.32 Å². The molecule has 0 spiro atoms. The molecule has 0 aromatic heterocycles. The summed E-state index contributed by atoms with van der Waals surface area (Å²) in [5, 5.41) is 3.20. The number of hydrogen-bond acceptors (Lipinski definition) is 3. The van der Waals surface area contributed by atoms with Gasteiger partial charge in [0.25, 0.3) is 0 Å². The van der Waals surface area contributed by atoms with E-state index in [1.165, 1.54) is 0 Å². The van der Waals surface area contributed by atoms with Gasteiger partial charge in [0.2, 0.25) is 5.91 Å². The molecule has 0 aromatic carbocycles.